The third-order valence-corrected chi connectivity index (χ3v) is 16.9. The van der Waals surface area contributed by atoms with Crippen LogP contribution >= 0.6 is 0 Å². The molecule has 4 N–H and O–H groups in total. The van der Waals surface area contributed by atoms with E-state index in [2.05, 4.69) is 48.1 Å². The van der Waals surface area contributed by atoms with Crippen LogP contribution in [0.25, 0.3) is 32.9 Å². The molecule has 6 fully saturated rings. The normalized spacial score (nSPS) is 22.5. The standard InChI is InChI=1S/C56H64F3N9O3/c1-4-6-7-47(53(70)60-3)63-36-11-12-42(46(58)25-36)34-14-20-67(21-15-34)39-27-55(28-39)18-22-66(23-19-55)32-56(16-17-56)33-71-54-64-51-44(52(65-54)68-30-37-9-10-38(31-68)62-37)29-61-50(49(51)59)43-26-40(69)24-35-8-13-45(57)41(5-2)48(35)43/h2,4,8,11-13,24-26,29,34,37-39,47,62-63,69H,1,6-7,9-10,14-23,27-28,30-33H2,3H3,(H,60,70). The maximum Gasteiger partial charge on any atom is 0.319 e. The first-order chi connectivity index (χ1) is 34.4. The molecule has 4 aliphatic heterocycles. The predicted molar refractivity (Wildman–Crippen MR) is 271 cm³/mol. The van der Waals surface area contributed by atoms with Crippen molar-refractivity contribution in [2.75, 3.05) is 69.7 Å². The number of ether oxygens (including phenoxy) is 1. The molecular weight excluding hydrogens is 904 g/mol. The van der Waals surface area contributed by atoms with Gasteiger partial charge in [-0.2, -0.15) is 9.97 Å². The number of nitrogens with one attached hydrogen (secondary N) is 3. The van der Waals surface area contributed by atoms with E-state index in [1.54, 1.807) is 19.3 Å². The number of aromatic nitrogens is 3. The molecule has 2 aliphatic carbocycles. The second-order valence-electron chi connectivity index (χ2n) is 21.6. The summed E-state index contributed by atoms with van der Waals surface area (Å²) in [6.07, 6.45) is 21.3. The second kappa shape index (κ2) is 19.2. The fraction of sp³-hybridized carbons (Fsp3) is 0.500. The van der Waals surface area contributed by atoms with Crippen molar-refractivity contribution in [3.63, 3.8) is 0 Å². The van der Waals surface area contributed by atoms with E-state index in [0.717, 1.165) is 76.8 Å². The van der Waals surface area contributed by atoms with Crippen LogP contribution in [0.5, 0.6) is 11.8 Å². The number of amides is 1. The SMILES string of the molecule is C#Cc1c(F)ccc2cc(O)cc(-c3ncc4c(N5CC6CCC(C5)N6)nc(OCC5(CN6CCC7(CC6)CC(N6CCC(c8ccc(NC(CCC=C)C(=O)NC)cc8F)CC6)C7)CC5)nc4c3F)c12. The van der Waals surface area contributed by atoms with Gasteiger partial charge in [0.05, 0.1) is 17.6 Å². The van der Waals surface area contributed by atoms with Crippen LogP contribution in [-0.2, 0) is 4.79 Å². The number of phenols is 1. The van der Waals surface area contributed by atoms with Crippen molar-refractivity contribution < 1.29 is 27.8 Å². The van der Waals surface area contributed by atoms with E-state index < -0.39 is 17.7 Å². The van der Waals surface area contributed by atoms with Gasteiger partial charge in [-0.1, -0.05) is 24.1 Å². The van der Waals surface area contributed by atoms with Crippen LogP contribution < -0.4 is 25.6 Å². The van der Waals surface area contributed by atoms with Crippen molar-refractivity contribution in [3.05, 3.63) is 89.9 Å². The highest BCUT2D eigenvalue weighted by atomic mass is 19.1. The number of hydrogen-bond acceptors (Lipinski definition) is 11. The Bertz CT molecular complexity index is 2890. The lowest BCUT2D eigenvalue weighted by atomic mass is 9.59. The van der Waals surface area contributed by atoms with Crippen molar-refractivity contribution >= 4 is 39.1 Å². The van der Waals surface area contributed by atoms with Gasteiger partial charge in [-0.05, 0) is 156 Å². The van der Waals surface area contributed by atoms with Gasteiger partial charge >= 0.3 is 6.01 Å². The first-order valence-corrected chi connectivity index (χ1v) is 25.7. The molecule has 2 bridgehead atoms. The van der Waals surface area contributed by atoms with E-state index in [4.69, 9.17) is 21.1 Å². The summed E-state index contributed by atoms with van der Waals surface area (Å²) in [7, 11) is 1.61. The summed E-state index contributed by atoms with van der Waals surface area (Å²) >= 11 is 0. The third kappa shape index (κ3) is 9.39. The molecule has 3 aromatic carbocycles. The Morgan fingerprint density at radius 2 is 1.76 bits per heavy atom. The number of likely N-dealkylation sites (tertiary alicyclic amines) is 2. The zero-order valence-electron chi connectivity index (χ0n) is 40.6. The Morgan fingerprint density at radius 3 is 2.45 bits per heavy atom. The average molecular weight is 968 g/mol. The van der Waals surface area contributed by atoms with Crippen molar-refractivity contribution in [3.8, 4) is 35.4 Å². The maximum atomic E-state index is 17.1. The van der Waals surface area contributed by atoms with Gasteiger partial charge in [0.25, 0.3) is 0 Å². The topological polar surface area (TPSA) is 131 Å². The molecule has 372 valence electrons. The summed E-state index contributed by atoms with van der Waals surface area (Å²) in [6, 6.07) is 11.8. The highest BCUT2D eigenvalue weighted by Crippen LogP contribution is 2.53. The first-order valence-electron chi connectivity index (χ1n) is 25.7. The number of carbonyl (C=O) groups is 1. The molecule has 6 aliphatic rings. The largest absolute Gasteiger partial charge is 0.508 e. The van der Waals surface area contributed by atoms with E-state index in [0.29, 0.717) is 78.4 Å². The van der Waals surface area contributed by atoms with Gasteiger partial charge in [0, 0.05) is 73.1 Å². The smallest absolute Gasteiger partial charge is 0.319 e. The van der Waals surface area contributed by atoms with E-state index in [9.17, 15) is 9.90 Å². The highest BCUT2D eigenvalue weighted by molar-refractivity contribution is 6.03. The average Bonchev–Trinajstić information content (AvgIpc) is 4.06. The maximum absolute atomic E-state index is 17.1. The number of pyridine rings is 1. The monoisotopic (exact) mass is 968 g/mol. The molecule has 2 aromatic heterocycles. The number of piperazine rings is 1. The lowest BCUT2D eigenvalue weighted by molar-refractivity contribution is -0.121. The Morgan fingerprint density at radius 1 is 1.00 bits per heavy atom. The summed E-state index contributed by atoms with van der Waals surface area (Å²) in [5.41, 5.74) is 1.83. The number of halogens is 3. The van der Waals surface area contributed by atoms with Gasteiger partial charge in [0.2, 0.25) is 5.91 Å². The molecule has 0 radical (unpaired) electrons. The number of fused-ring (bicyclic) bond motifs is 4. The van der Waals surface area contributed by atoms with E-state index in [1.165, 1.54) is 56.0 Å². The van der Waals surface area contributed by atoms with Crippen LogP contribution in [0, 0.1) is 40.6 Å². The molecule has 4 saturated heterocycles. The number of carbonyl (C=O) groups excluding carboxylic acids is 1. The number of benzene rings is 3. The van der Waals surface area contributed by atoms with Gasteiger partial charge in [0.1, 0.15) is 40.5 Å². The van der Waals surface area contributed by atoms with Crippen LogP contribution in [0.15, 0.2) is 61.3 Å². The van der Waals surface area contributed by atoms with Crippen molar-refractivity contribution in [2.45, 2.75) is 107 Å². The molecule has 3 unspecified atom stereocenters. The summed E-state index contributed by atoms with van der Waals surface area (Å²) in [5, 5.41) is 21.5. The Kier molecular flexibility index (Phi) is 12.8. The minimum absolute atomic E-state index is 0.0303. The molecule has 12 nitrogen and oxygen atoms in total. The molecule has 1 spiro atoms. The zero-order valence-corrected chi connectivity index (χ0v) is 40.6. The molecule has 11 rings (SSSR count). The number of nitrogens with zero attached hydrogens (tertiary/aromatic N) is 6. The summed E-state index contributed by atoms with van der Waals surface area (Å²) in [6.45, 7) is 10.6. The lowest BCUT2D eigenvalue weighted by Crippen LogP contribution is -2.56. The molecule has 71 heavy (non-hydrogen) atoms. The minimum Gasteiger partial charge on any atom is -0.508 e. The Balaban J connectivity index is 0.719. The summed E-state index contributed by atoms with van der Waals surface area (Å²) in [4.78, 5) is 34.1. The number of hydrogen-bond donors (Lipinski definition) is 4. The number of allylic oxidation sites excluding steroid dienone is 1. The third-order valence-electron chi connectivity index (χ3n) is 16.9. The zero-order chi connectivity index (χ0) is 49.0. The molecule has 2 saturated carbocycles. The Hall–Kier alpha value is -5.95. The first kappa shape index (κ1) is 47.4. The van der Waals surface area contributed by atoms with E-state index >= 15 is 13.2 Å². The van der Waals surface area contributed by atoms with Crippen molar-refractivity contribution in [2.24, 2.45) is 10.8 Å². The highest BCUT2D eigenvalue weighted by Gasteiger charge is 2.51. The molecule has 5 aromatic rings. The molecular formula is C56H64F3N9O3. The minimum atomic E-state index is -0.723. The van der Waals surface area contributed by atoms with Gasteiger partial charge in [-0.3, -0.25) is 9.78 Å². The van der Waals surface area contributed by atoms with Gasteiger partial charge in [-0.15, -0.1) is 13.0 Å². The number of anilines is 2. The fourth-order valence-electron chi connectivity index (χ4n) is 12.7. The molecule has 6 heterocycles. The number of terminal acetylenes is 1. The van der Waals surface area contributed by atoms with E-state index in [1.807, 2.05) is 12.1 Å². The number of aromatic hydroxyl groups is 1. The van der Waals surface area contributed by atoms with Crippen LogP contribution in [0.4, 0.5) is 24.7 Å². The number of piperidine rings is 2. The fourth-order valence-corrected chi connectivity index (χ4v) is 12.7. The van der Waals surface area contributed by atoms with Gasteiger partial charge in [0.15, 0.2) is 5.82 Å². The molecule has 3 atom stereocenters. The van der Waals surface area contributed by atoms with Crippen LogP contribution in [0.1, 0.15) is 94.1 Å². The predicted octanol–water partition coefficient (Wildman–Crippen LogP) is 8.67. The van der Waals surface area contributed by atoms with Crippen molar-refractivity contribution in [1.29, 1.82) is 0 Å². The van der Waals surface area contributed by atoms with Crippen molar-refractivity contribution in [1.82, 2.24) is 35.4 Å². The van der Waals surface area contributed by atoms with Crippen LogP contribution in [0.2, 0.25) is 0 Å². The quantitative estimate of drug-likeness (QED) is 0.0594. The lowest BCUT2D eigenvalue weighted by Gasteiger charge is -2.56. The summed E-state index contributed by atoms with van der Waals surface area (Å²) in [5.74, 6) is 1.37. The Labute approximate surface area is 413 Å². The second-order valence-corrected chi connectivity index (χ2v) is 21.6. The molecule has 15 heteroatoms. The number of phenolic OH excluding ortho intramolecular Hbond substituents is 1. The number of likely N-dealkylation sites (N-methyl/N-ethyl adjacent to an activating group) is 1. The van der Waals surface area contributed by atoms with Gasteiger partial charge < -0.3 is 40.5 Å². The summed E-state index contributed by atoms with van der Waals surface area (Å²) < 4.78 is 54.3. The molecule has 1 amide bonds. The van der Waals surface area contributed by atoms with Crippen LogP contribution in [-0.4, -0.2) is 119 Å². The van der Waals surface area contributed by atoms with Gasteiger partial charge in [-0.25, -0.2) is 13.2 Å². The number of rotatable bonds is 15. The van der Waals surface area contributed by atoms with Crippen LogP contribution in [0.3, 0.4) is 0 Å². The van der Waals surface area contributed by atoms with E-state index in [-0.39, 0.29) is 62.5 Å².